The first-order valence-corrected chi connectivity index (χ1v) is 16.8. The Labute approximate surface area is 250 Å². The van der Waals surface area contributed by atoms with Gasteiger partial charge in [-0.05, 0) is 56.9 Å². The summed E-state index contributed by atoms with van der Waals surface area (Å²) in [6.45, 7) is 5.70. The summed E-state index contributed by atoms with van der Waals surface area (Å²) in [6.07, 6.45) is 17.5. The molecule has 0 bridgehead atoms. The molecule has 1 amide bonds. The smallest absolute Gasteiger partial charge is 0.256 e. The van der Waals surface area contributed by atoms with Gasteiger partial charge in [0, 0.05) is 37.1 Å². The molecule has 9 heteroatoms. The van der Waals surface area contributed by atoms with Gasteiger partial charge in [-0.15, -0.1) is 0 Å². The summed E-state index contributed by atoms with van der Waals surface area (Å²) >= 11 is 0. The molecule has 1 aromatic heterocycles. The molecular weight excluding hydrogens is 533 g/mol. The number of ketones is 1. The van der Waals surface area contributed by atoms with Gasteiger partial charge in [-0.25, -0.2) is 9.37 Å². The third-order valence-corrected chi connectivity index (χ3v) is 10.9. The van der Waals surface area contributed by atoms with Gasteiger partial charge in [0.2, 0.25) is 0 Å². The third-order valence-electron chi connectivity index (χ3n) is 10.9. The number of fused-ring (bicyclic) bond motifs is 3. The minimum absolute atomic E-state index is 0.00602. The molecule has 0 aromatic carbocycles. The fraction of sp³-hybridized carbons (Fsp3) is 0.788. The first-order chi connectivity index (χ1) is 20.5. The Bertz CT molecular complexity index is 1110. The number of alkyl halides is 1. The van der Waals surface area contributed by atoms with Crippen molar-refractivity contribution in [1.29, 1.82) is 0 Å². The van der Waals surface area contributed by atoms with E-state index in [-0.39, 0.29) is 47.9 Å². The fourth-order valence-corrected chi connectivity index (χ4v) is 8.89. The number of amides is 1. The summed E-state index contributed by atoms with van der Waals surface area (Å²) in [5.41, 5.74) is 0.220. The number of aromatic nitrogens is 2. The summed E-state index contributed by atoms with van der Waals surface area (Å²) in [6, 6.07) is -0.533. The topological polar surface area (TPSA) is 88.5 Å². The summed E-state index contributed by atoms with van der Waals surface area (Å²) in [5, 5.41) is 6.68. The molecule has 1 aromatic rings. The van der Waals surface area contributed by atoms with Crippen molar-refractivity contribution in [2.45, 2.75) is 140 Å². The number of morpholine rings is 1. The number of halogens is 1. The Morgan fingerprint density at radius 1 is 1.14 bits per heavy atom. The standard InChI is InChI=1S/C33H50FN5O3/c1-3-8-23(9-4-2)37-33(41)25-19-39-27-16-21-10-5-6-11-22(21)17-28(27)42-32-29(26(34)18-24(30(32)39)31(25)40)36-12-7-14-38-15-13-35-20-38/h13,15,19-24,26-30,32,36H,3-12,14,16-18H2,1-2H3,(H,37,41). The van der Waals surface area contributed by atoms with E-state index < -0.39 is 24.2 Å². The normalized spacial score (nSPS) is 35.7. The molecule has 6 rings (SSSR count). The first kappa shape index (κ1) is 29.8. The average Bonchev–Trinajstić information content (AvgIpc) is 3.50. The van der Waals surface area contributed by atoms with Gasteiger partial charge in [0.25, 0.3) is 5.91 Å². The molecular formula is C33H50FN5O3. The van der Waals surface area contributed by atoms with Crippen LogP contribution in [0.1, 0.15) is 90.9 Å². The molecule has 2 N–H and O–H groups in total. The van der Waals surface area contributed by atoms with Crippen molar-refractivity contribution in [1.82, 2.24) is 25.1 Å². The fourth-order valence-electron chi connectivity index (χ4n) is 8.89. The Morgan fingerprint density at radius 2 is 1.90 bits per heavy atom. The number of nitrogens with zero attached hydrogens (tertiary/aromatic N) is 3. The van der Waals surface area contributed by atoms with E-state index in [1.54, 1.807) is 12.5 Å². The van der Waals surface area contributed by atoms with Crippen molar-refractivity contribution in [3.8, 4) is 0 Å². The van der Waals surface area contributed by atoms with E-state index in [0.717, 1.165) is 51.5 Å². The molecule has 5 aliphatic rings. The van der Waals surface area contributed by atoms with Gasteiger partial charge in [0.1, 0.15) is 6.17 Å². The molecule has 1 saturated heterocycles. The monoisotopic (exact) mass is 583 g/mol. The zero-order valence-corrected chi connectivity index (χ0v) is 25.4. The molecule has 9 unspecified atom stereocenters. The average molecular weight is 584 g/mol. The molecule has 8 nitrogen and oxygen atoms in total. The molecule has 0 spiro atoms. The Morgan fingerprint density at radius 3 is 2.62 bits per heavy atom. The molecule has 42 heavy (non-hydrogen) atoms. The number of hydrogen-bond donors (Lipinski definition) is 2. The van der Waals surface area contributed by atoms with Crippen LogP contribution in [-0.2, 0) is 20.9 Å². The van der Waals surface area contributed by atoms with Gasteiger partial charge in [-0.1, -0.05) is 52.4 Å². The van der Waals surface area contributed by atoms with E-state index in [1.807, 2.05) is 17.0 Å². The van der Waals surface area contributed by atoms with E-state index in [1.165, 1.54) is 25.7 Å². The minimum atomic E-state index is -1.21. The zero-order valence-electron chi connectivity index (χ0n) is 25.4. The number of rotatable bonds is 11. The number of nitrogens with one attached hydrogen (secondary N) is 2. The highest BCUT2D eigenvalue weighted by Gasteiger charge is 2.59. The second kappa shape index (κ2) is 13.2. The highest BCUT2D eigenvalue weighted by Crippen LogP contribution is 2.50. The number of Topliss-reactive ketones (excluding diaryl/α,β-unsaturated/α-hetero) is 1. The quantitative estimate of drug-likeness (QED) is 0.294. The number of hydrogen-bond acceptors (Lipinski definition) is 6. The van der Waals surface area contributed by atoms with E-state index in [9.17, 15) is 9.59 Å². The van der Waals surface area contributed by atoms with Gasteiger partial charge in [0.05, 0.1) is 42.2 Å². The van der Waals surface area contributed by atoms with Crippen LogP contribution in [-0.4, -0.2) is 75.2 Å². The largest absolute Gasteiger partial charge is 0.369 e. The molecule has 232 valence electrons. The van der Waals surface area contributed by atoms with Crippen LogP contribution in [0.15, 0.2) is 30.5 Å². The van der Waals surface area contributed by atoms with Crippen LogP contribution in [0, 0.1) is 17.8 Å². The molecule has 0 radical (unpaired) electrons. The number of carbonyl (C=O) groups is 2. The number of ether oxygens (including phenoxy) is 1. The first-order valence-electron chi connectivity index (χ1n) is 16.8. The van der Waals surface area contributed by atoms with Crippen LogP contribution in [0.3, 0.4) is 0 Å². The predicted octanol–water partition coefficient (Wildman–Crippen LogP) is 4.55. The molecule has 3 aliphatic carbocycles. The highest BCUT2D eigenvalue weighted by molar-refractivity contribution is 6.20. The van der Waals surface area contributed by atoms with Crippen molar-refractivity contribution >= 4 is 11.7 Å². The van der Waals surface area contributed by atoms with E-state index in [0.29, 0.717) is 18.4 Å². The minimum Gasteiger partial charge on any atom is -0.369 e. The SMILES string of the molecule is CCCC(CCC)NC(=O)C1=CN2C3CC4CCCCC4CC3OC3C(NCCCn4ccnc4)C(F)CC(C1=O)C32. The number of carbonyl (C=O) groups excluding carboxylic acids is 2. The number of aryl methyl sites for hydroxylation is 1. The van der Waals surface area contributed by atoms with Gasteiger partial charge < -0.3 is 24.8 Å². The van der Waals surface area contributed by atoms with Crippen LogP contribution in [0.5, 0.6) is 0 Å². The summed E-state index contributed by atoms with van der Waals surface area (Å²) < 4.78 is 25.0. The lowest BCUT2D eigenvalue weighted by Crippen LogP contribution is -2.73. The van der Waals surface area contributed by atoms with Crippen LogP contribution in [0.4, 0.5) is 4.39 Å². The number of imidazole rings is 1. The second-order valence-electron chi connectivity index (χ2n) is 13.6. The van der Waals surface area contributed by atoms with E-state index >= 15 is 4.39 Å². The van der Waals surface area contributed by atoms with Crippen molar-refractivity contribution in [3.63, 3.8) is 0 Å². The van der Waals surface area contributed by atoms with Gasteiger partial charge in [-0.3, -0.25) is 9.59 Å². The lowest BCUT2D eigenvalue weighted by Gasteiger charge is -2.61. The molecule has 4 fully saturated rings. The molecule has 3 heterocycles. The Kier molecular flexibility index (Phi) is 9.34. The van der Waals surface area contributed by atoms with E-state index in [4.69, 9.17) is 4.74 Å². The molecule has 2 aliphatic heterocycles. The molecule has 3 saturated carbocycles. The maximum Gasteiger partial charge on any atom is 0.256 e. The lowest BCUT2D eigenvalue weighted by molar-refractivity contribution is -0.208. The Hall–Kier alpha value is -2.26. The summed E-state index contributed by atoms with van der Waals surface area (Å²) in [4.78, 5) is 34.0. The zero-order chi connectivity index (χ0) is 29.2. The highest BCUT2D eigenvalue weighted by atomic mass is 19.1. The van der Waals surface area contributed by atoms with Gasteiger partial charge in [-0.2, -0.15) is 0 Å². The maximum absolute atomic E-state index is 16.1. The third kappa shape index (κ3) is 5.92. The van der Waals surface area contributed by atoms with Crippen molar-refractivity contribution in [2.24, 2.45) is 17.8 Å². The summed E-state index contributed by atoms with van der Waals surface area (Å²) in [5.74, 6) is 0.253. The van der Waals surface area contributed by atoms with Gasteiger partial charge in [0.15, 0.2) is 5.78 Å². The van der Waals surface area contributed by atoms with Gasteiger partial charge >= 0.3 is 0 Å². The lowest BCUT2D eigenvalue weighted by atomic mass is 9.65. The Balaban J connectivity index is 1.26. The van der Waals surface area contributed by atoms with Crippen LogP contribution >= 0.6 is 0 Å². The van der Waals surface area contributed by atoms with Crippen molar-refractivity contribution in [2.75, 3.05) is 6.54 Å². The second-order valence-corrected chi connectivity index (χ2v) is 13.6. The van der Waals surface area contributed by atoms with E-state index in [2.05, 4.69) is 34.4 Å². The molecule has 9 atom stereocenters. The predicted molar refractivity (Wildman–Crippen MR) is 159 cm³/mol. The summed E-state index contributed by atoms with van der Waals surface area (Å²) in [7, 11) is 0. The van der Waals surface area contributed by atoms with Crippen LogP contribution in [0.25, 0.3) is 0 Å². The van der Waals surface area contributed by atoms with Crippen molar-refractivity contribution in [3.05, 3.63) is 30.5 Å². The van der Waals surface area contributed by atoms with Crippen molar-refractivity contribution < 1.29 is 18.7 Å². The van der Waals surface area contributed by atoms with Crippen LogP contribution < -0.4 is 10.6 Å². The van der Waals surface area contributed by atoms with Crippen LogP contribution in [0.2, 0.25) is 0 Å². The maximum atomic E-state index is 16.1.